The lowest BCUT2D eigenvalue weighted by Crippen LogP contribution is -2.54. The average Bonchev–Trinajstić information content (AvgIpc) is 2.73. The van der Waals surface area contributed by atoms with Crippen molar-refractivity contribution in [3.63, 3.8) is 0 Å². The highest BCUT2D eigenvalue weighted by atomic mass is 19.1. The van der Waals surface area contributed by atoms with Crippen molar-refractivity contribution in [1.82, 2.24) is 0 Å². The Morgan fingerprint density at radius 2 is 1.53 bits per heavy atom. The van der Waals surface area contributed by atoms with Gasteiger partial charge in [-0.05, 0) is 29.0 Å². The molecule has 2 rings (SSSR count). The number of aliphatic carboxylic acids is 2. The van der Waals surface area contributed by atoms with Gasteiger partial charge in [0.1, 0.15) is 11.5 Å². The smallest absolute Gasteiger partial charge is 0.326 e. The van der Waals surface area contributed by atoms with Crippen molar-refractivity contribution in [2.24, 2.45) is 5.41 Å². The van der Waals surface area contributed by atoms with E-state index in [1.807, 2.05) is 6.07 Å². The van der Waals surface area contributed by atoms with Gasteiger partial charge >= 0.3 is 17.6 Å². The van der Waals surface area contributed by atoms with E-state index < -0.39 is 55.9 Å². The van der Waals surface area contributed by atoms with Crippen LogP contribution in [0, 0.1) is 32.7 Å². The number of carboxylic acid groups (broad SMARTS) is 2. The summed E-state index contributed by atoms with van der Waals surface area (Å²) >= 11 is 0. The van der Waals surface area contributed by atoms with Crippen LogP contribution >= 0.6 is 0 Å². The van der Waals surface area contributed by atoms with Crippen molar-refractivity contribution in [2.45, 2.75) is 52.4 Å². The highest BCUT2D eigenvalue weighted by Crippen LogP contribution is 2.50. The van der Waals surface area contributed by atoms with Gasteiger partial charge in [-0.2, -0.15) is 5.26 Å². The predicted molar refractivity (Wildman–Crippen MR) is 126 cm³/mol. The maximum atomic E-state index is 16.2. The molecule has 0 saturated carbocycles. The van der Waals surface area contributed by atoms with Crippen molar-refractivity contribution < 1.29 is 38.6 Å². The minimum atomic E-state index is -2.84. The van der Waals surface area contributed by atoms with Crippen LogP contribution in [0.2, 0.25) is 0 Å². The number of carboxylic acids is 2. The largest absolute Gasteiger partial charge is 0.497 e. The number of benzene rings is 2. The molecule has 0 spiro atoms. The Balaban J connectivity index is 3.14. The van der Waals surface area contributed by atoms with Gasteiger partial charge in [0, 0.05) is 17.2 Å². The van der Waals surface area contributed by atoms with Gasteiger partial charge in [0.15, 0.2) is 11.2 Å². The summed E-state index contributed by atoms with van der Waals surface area (Å²) in [6.07, 6.45) is 0. The van der Waals surface area contributed by atoms with Crippen LogP contribution in [0.3, 0.4) is 0 Å². The molecule has 0 saturated heterocycles. The van der Waals surface area contributed by atoms with Crippen molar-refractivity contribution in [2.75, 3.05) is 7.11 Å². The number of nitriles is 1. The van der Waals surface area contributed by atoms with Gasteiger partial charge < -0.3 is 19.7 Å². The Hall–Kier alpha value is -4.20. The van der Waals surface area contributed by atoms with Crippen LogP contribution in [0.5, 0.6) is 17.2 Å². The second-order valence-corrected chi connectivity index (χ2v) is 10.2. The number of hydrogen-bond acceptors (Lipinski definition) is 7. The van der Waals surface area contributed by atoms with E-state index in [0.29, 0.717) is 0 Å². The SMILES string of the molecule is COc1cc(C#N)cc(Oc2c(F)c(C(C(=O)O)(C(=O)O)C(C)(C)C)cc(C(C)(C)C)c2[N+](=O)[O-])c1. The summed E-state index contributed by atoms with van der Waals surface area (Å²) in [4.78, 5) is 36.3. The summed E-state index contributed by atoms with van der Waals surface area (Å²) in [5.74, 6) is -6.27. The summed E-state index contributed by atoms with van der Waals surface area (Å²) in [5, 5.41) is 41.7. The number of methoxy groups -OCH3 is 1. The first-order valence-corrected chi connectivity index (χ1v) is 10.7. The fourth-order valence-electron chi connectivity index (χ4n) is 4.04. The zero-order chi connectivity index (χ0) is 27.8. The van der Waals surface area contributed by atoms with E-state index in [4.69, 9.17) is 9.47 Å². The summed E-state index contributed by atoms with van der Waals surface area (Å²) in [7, 11) is 1.30. The normalized spacial score (nSPS) is 12.0. The highest BCUT2D eigenvalue weighted by molar-refractivity contribution is 6.06. The number of ether oxygens (including phenoxy) is 2. The highest BCUT2D eigenvalue weighted by Gasteiger charge is 2.60. The Morgan fingerprint density at radius 1 is 1.00 bits per heavy atom. The molecule has 0 aromatic heterocycles. The quantitative estimate of drug-likeness (QED) is 0.296. The number of halogens is 1. The molecule has 0 aliphatic rings. The van der Waals surface area contributed by atoms with Crippen molar-refractivity contribution >= 4 is 17.6 Å². The van der Waals surface area contributed by atoms with Gasteiger partial charge in [-0.25, -0.2) is 4.39 Å². The number of nitrogens with zero attached hydrogens (tertiary/aromatic N) is 2. The molecule has 2 N–H and O–H groups in total. The van der Waals surface area contributed by atoms with E-state index >= 15 is 4.39 Å². The van der Waals surface area contributed by atoms with E-state index in [1.54, 1.807) is 20.8 Å². The third-order valence-corrected chi connectivity index (χ3v) is 5.82. The van der Waals surface area contributed by atoms with Gasteiger partial charge in [0.25, 0.3) is 0 Å². The van der Waals surface area contributed by atoms with Crippen LogP contribution in [-0.4, -0.2) is 34.2 Å². The summed E-state index contributed by atoms with van der Waals surface area (Å²) in [5.41, 5.74) is -7.18. The Labute approximate surface area is 207 Å². The summed E-state index contributed by atoms with van der Waals surface area (Å²) < 4.78 is 26.9. The maximum absolute atomic E-state index is 16.2. The third kappa shape index (κ3) is 4.66. The van der Waals surface area contributed by atoms with E-state index in [2.05, 4.69) is 0 Å². The molecule has 0 amide bonds. The summed E-state index contributed by atoms with van der Waals surface area (Å²) in [6.45, 7) is 8.65. The molecule has 11 heteroatoms. The number of nitro groups is 1. The zero-order valence-electron chi connectivity index (χ0n) is 20.9. The van der Waals surface area contributed by atoms with E-state index in [0.717, 1.165) is 6.07 Å². The molecule has 0 aliphatic heterocycles. The number of hydrogen-bond donors (Lipinski definition) is 2. The number of rotatable bonds is 7. The lowest BCUT2D eigenvalue weighted by molar-refractivity contribution is -0.387. The van der Waals surface area contributed by atoms with Crippen LogP contribution in [0.25, 0.3) is 0 Å². The van der Waals surface area contributed by atoms with Crippen molar-refractivity contribution in [3.05, 3.63) is 56.9 Å². The van der Waals surface area contributed by atoms with Crippen molar-refractivity contribution in [3.8, 4) is 23.3 Å². The van der Waals surface area contributed by atoms with E-state index in [1.165, 1.54) is 46.1 Å². The average molecular weight is 502 g/mol. The van der Waals surface area contributed by atoms with Crippen molar-refractivity contribution in [1.29, 1.82) is 5.26 Å². The predicted octanol–water partition coefficient (Wildman–Crippen LogP) is 5.16. The molecule has 0 atom stereocenters. The van der Waals surface area contributed by atoms with Gasteiger partial charge in [-0.1, -0.05) is 41.5 Å². The third-order valence-electron chi connectivity index (χ3n) is 5.82. The lowest BCUT2D eigenvalue weighted by atomic mass is 9.61. The van der Waals surface area contributed by atoms with Crippen LogP contribution in [0.1, 0.15) is 58.2 Å². The van der Waals surface area contributed by atoms with Crippen LogP contribution in [-0.2, 0) is 20.4 Å². The molecule has 10 nitrogen and oxygen atoms in total. The van der Waals surface area contributed by atoms with E-state index in [-0.39, 0.29) is 22.6 Å². The molecule has 36 heavy (non-hydrogen) atoms. The first-order chi connectivity index (χ1) is 16.4. The number of nitro benzene ring substituents is 1. The van der Waals surface area contributed by atoms with Crippen LogP contribution in [0.15, 0.2) is 24.3 Å². The molecule has 0 fully saturated rings. The Kier molecular flexibility index (Phi) is 7.36. The first kappa shape index (κ1) is 28.0. The second-order valence-electron chi connectivity index (χ2n) is 10.2. The molecule has 192 valence electrons. The Morgan fingerprint density at radius 3 is 1.92 bits per heavy atom. The van der Waals surface area contributed by atoms with Gasteiger partial charge in [0.2, 0.25) is 5.75 Å². The van der Waals surface area contributed by atoms with E-state index in [9.17, 15) is 35.2 Å². The Bertz CT molecular complexity index is 1270. The fraction of sp³-hybridized carbons (Fsp3) is 0.400. The minimum Gasteiger partial charge on any atom is -0.497 e. The first-order valence-electron chi connectivity index (χ1n) is 10.7. The van der Waals surface area contributed by atoms with Gasteiger partial charge in [-0.15, -0.1) is 0 Å². The summed E-state index contributed by atoms with van der Waals surface area (Å²) in [6, 6.07) is 6.56. The van der Waals surface area contributed by atoms with Gasteiger partial charge in [-0.3, -0.25) is 19.7 Å². The molecule has 2 aromatic carbocycles. The lowest BCUT2D eigenvalue weighted by Gasteiger charge is -2.38. The van der Waals surface area contributed by atoms with Crippen LogP contribution < -0.4 is 9.47 Å². The molecular formula is C25H27FN2O8. The van der Waals surface area contributed by atoms with Crippen LogP contribution in [0.4, 0.5) is 10.1 Å². The monoisotopic (exact) mass is 502 g/mol. The maximum Gasteiger partial charge on any atom is 0.326 e. The molecule has 0 radical (unpaired) electrons. The molecule has 0 bridgehead atoms. The second kappa shape index (κ2) is 9.45. The molecule has 0 unspecified atom stereocenters. The number of carbonyl (C=O) groups is 2. The molecule has 0 heterocycles. The zero-order valence-corrected chi connectivity index (χ0v) is 20.9. The molecular weight excluding hydrogens is 475 g/mol. The van der Waals surface area contributed by atoms with Gasteiger partial charge in [0.05, 0.1) is 23.7 Å². The standard InChI is InChI=1S/C25H27FN2O8/c1-23(2,3)17-11-16(25(21(29)30,22(31)32)24(4,5)6)18(26)20(19(17)28(33)34)36-15-9-13(12-27)8-14(10-15)35-7/h8-11H,1-7H3,(H,29,30)(H,31,32). The minimum absolute atomic E-state index is 0.0414. The fourth-order valence-corrected chi connectivity index (χ4v) is 4.04. The topological polar surface area (TPSA) is 160 Å². The molecule has 0 aliphatic carbocycles. The molecule has 2 aromatic rings.